The van der Waals surface area contributed by atoms with Gasteiger partial charge in [0.1, 0.15) is 0 Å². The monoisotopic (exact) mass is 432 g/mol. The first-order valence-corrected chi connectivity index (χ1v) is 11.3. The van der Waals surface area contributed by atoms with Gasteiger partial charge in [-0.3, -0.25) is 14.9 Å². The second-order valence-electron chi connectivity index (χ2n) is 7.44. The van der Waals surface area contributed by atoms with E-state index in [1.54, 1.807) is 24.3 Å². The molecule has 0 atom stereocenters. The molecule has 6 nitrogen and oxygen atoms in total. The summed E-state index contributed by atoms with van der Waals surface area (Å²) >= 11 is 1.37. The van der Waals surface area contributed by atoms with Crippen molar-refractivity contribution in [3.63, 3.8) is 0 Å². The van der Waals surface area contributed by atoms with E-state index in [0.717, 1.165) is 36.1 Å². The molecule has 0 bridgehead atoms. The Morgan fingerprint density at radius 2 is 1.81 bits per heavy atom. The van der Waals surface area contributed by atoms with Gasteiger partial charge < -0.3 is 0 Å². The Morgan fingerprint density at radius 3 is 2.58 bits per heavy atom. The second kappa shape index (κ2) is 9.22. The molecule has 1 N–H and O–H groups in total. The summed E-state index contributed by atoms with van der Waals surface area (Å²) in [5.41, 5.74) is 3.05. The van der Waals surface area contributed by atoms with Crippen LogP contribution in [-0.2, 0) is 6.54 Å². The number of rotatable bonds is 7. The lowest BCUT2D eigenvalue weighted by Crippen LogP contribution is -2.27. The Kier molecular flexibility index (Phi) is 6.23. The van der Waals surface area contributed by atoms with E-state index in [2.05, 4.69) is 22.3 Å². The van der Waals surface area contributed by atoms with Gasteiger partial charge >= 0.3 is 0 Å². The van der Waals surface area contributed by atoms with Crippen molar-refractivity contribution in [2.45, 2.75) is 39.7 Å². The number of thiazole rings is 1. The molecule has 1 amide bonds. The third-order valence-corrected chi connectivity index (χ3v) is 5.96. The lowest BCUT2D eigenvalue weighted by atomic mass is 10.1. The molecule has 2 aromatic heterocycles. The van der Waals surface area contributed by atoms with Crippen molar-refractivity contribution >= 4 is 33.1 Å². The first kappa shape index (κ1) is 20.9. The fourth-order valence-electron chi connectivity index (χ4n) is 3.54. The molecule has 0 spiro atoms. The smallest absolute Gasteiger partial charge is 0.278 e. The third kappa shape index (κ3) is 4.41. The average molecular weight is 433 g/mol. The molecule has 7 heteroatoms. The van der Waals surface area contributed by atoms with Crippen LogP contribution in [0.2, 0.25) is 0 Å². The number of nitrogens with zero attached hydrogens (tertiary/aromatic N) is 3. The summed E-state index contributed by atoms with van der Waals surface area (Å²) in [4.78, 5) is 30.5. The zero-order valence-corrected chi connectivity index (χ0v) is 18.4. The molecule has 0 unspecified atom stereocenters. The number of hydrogen-bond acceptors (Lipinski definition) is 5. The van der Waals surface area contributed by atoms with E-state index in [0.29, 0.717) is 22.4 Å². The number of nitrogens with one attached hydrogen (secondary N) is 1. The number of aromatic nitrogens is 3. The average Bonchev–Trinajstić information content (AvgIpc) is 3.24. The summed E-state index contributed by atoms with van der Waals surface area (Å²) in [7, 11) is 0. The number of unbranched alkanes of at least 4 members (excludes halogenated alkanes) is 2. The first-order valence-electron chi connectivity index (χ1n) is 10.4. The van der Waals surface area contributed by atoms with Crippen LogP contribution in [0.3, 0.4) is 0 Å². The molecule has 2 aromatic carbocycles. The normalized spacial score (nSPS) is 11.0. The van der Waals surface area contributed by atoms with Gasteiger partial charge in [0.25, 0.3) is 11.5 Å². The predicted octanol–water partition coefficient (Wildman–Crippen LogP) is 5.27. The van der Waals surface area contributed by atoms with Gasteiger partial charge in [0.2, 0.25) is 0 Å². The van der Waals surface area contributed by atoms with Crippen LogP contribution in [0.4, 0.5) is 5.13 Å². The topological polar surface area (TPSA) is 76.9 Å². The highest BCUT2D eigenvalue weighted by atomic mass is 32.1. The summed E-state index contributed by atoms with van der Waals surface area (Å²) in [5, 5.41) is 10.8. The lowest BCUT2D eigenvalue weighted by Gasteiger charge is -2.10. The Balaban J connectivity index is 1.66. The van der Waals surface area contributed by atoms with Crippen LogP contribution in [0, 0.1) is 6.92 Å². The molecular formula is C24H24N4O2S. The Hall–Kier alpha value is -3.32. The number of anilines is 1. The molecule has 158 valence electrons. The first-order chi connectivity index (χ1) is 15.1. The quantitative estimate of drug-likeness (QED) is 0.404. The van der Waals surface area contributed by atoms with Crippen LogP contribution < -0.4 is 10.9 Å². The van der Waals surface area contributed by atoms with Gasteiger partial charge in [-0.15, -0.1) is 11.3 Å². The Morgan fingerprint density at radius 1 is 1.06 bits per heavy atom. The van der Waals surface area contributed by atoms with Gasteiger partial charge in [-0.25, -0.2) is 9.67 Å². The molecule has 0 aliphatic carbocycles. The molecule has 31 heavy (non-hydrogen) atoms. The predicted molar refractivity (Wildman–Crippen MR) is 126 cm³/mol. The molecule has 0 radical (unpaired) electrons. The van der Waals surface area contributed by atoms with E-state index in [1.807, 2.05) is 36.6 Å². The molecule has 2 heterocycles. The minimum absolute atomic E-state index is 0.167. The summed E-state index contributed by atoms with van der Waals surface area (Å²) in [5.74, 6) is -0.369. The molecule has 0 saturated heterocycles. The third-order valence-electron chi connectivity index (χ3n) is 5.20. The van der Waals surface area contributed by atoms with Crippen molar-refractivity contribution in [3.8, 4) is 11.3 Å². The highest BCUT2D eigenvalue weighted by Crippen LogP contribution is 2.27. The standard InChI is InChI=1S/C24H24N4O2S/c1-3-4-9-14-28-23(30)19-13-8-7-12-18(19)21(27-28)22(29)26-24-25-20(15-31-24)17-11-6-5-10-16(17)2/h5-8,10-13,15H,3-4,9,14H2,1-2H3,(H,25,26,29). The molecule has 0 aliphatic rings. The maximum atomic E-state index is 13.1. The van der Waals surface area contributed by atoms with Gasteiger partial charge in [-0.1, -0.05) is 62.2 Å². The highest BCUT2D eigenvalue weighted by Gasteiger charge is 2.18. The van der Waals surface area contributed by atoms with E-state index in [-0.39, 0.29) is 17.2 Å². The minimum atomic E-state index is -0.369. The van der Waals surface area contributed by atoms with Crippen molar-refractivity contribution in [2.75, 3.05) is 5.32 Å². The highest BCUT2D eigenvalue weighted by molar-refractivity contribution is 7.14. The van der Waals surface area contributed by atoms with E-state index in [4.69, 9.17) is 0 Å². The van der Waals surface area contributed by atoms with E-state index in [9.17, 15) is 9.59 Å². The number of aryl methyl sites for hydroxylation is 2. The lowest BCUT2D eigenvalue weighted by molar-refractivity contribution is 0.102. The van der Waals surface area contributed by atoms with Gasteiger partial charge in [0.05, 0.1) is 11.1 Å². The van der Waals surface area contributed by atoms with Crippen molar-refractivity contribution in [1.82, 2.24) is 14.8 Å². The fraction of sp³-hybridized carbons (Fsp3) is 0.250. The molecule has 4 aromatic rings. The van der Waals surface area contributed by atoms with E-state index >= 15 is 0 Å². The van der Waals surface area contributed by atoms with Gasteiger partial charge in [-0.2, -0.15) is 5.10 Å². The number of amides is 1. The van der Waals surface area contributed by atoms with Crippen molar-refractivity contribution in [3.05, 3.63) is 75.5 Å². The van der Waals surface area contributed by atoms with E-state index in [1.165, 1.54) is 16.0 Å². The maximum Gasteiger partial charge on any atom is 0.278 e. The zero-order chi connectivity index (χ0) is 21.8. The van der Waals surface area contributed by atoms with Crippen molar-refractivity contribution < 1.29 is 4.79 Å². The summed E-state index contributed by atoms with van der Waals surface area (Å²) in [6.07, 6.45) is 2.89. The zero-order valence-electron chi connectivity index (χ0n) is 17.6. The van der Waals surface area contributed by atoms with Crippen molar-refractivity contribution in [2.24, 2.45) is 0 Å². The second-order valence-corrected chi connectivity index (χ2v) is 8.29. The maximum absolute atomic E-state index is 13.1. The van der Waals surface area contributed by atoms with Crippen LogP contribution in [0.5, 0.6) is 0 Å². The van der Waals surface area contributed by atoms with Crippen LogP contribution in [0.1, 0.15) is 42.2 Å². The molecule has 0 aliphatic heterocycles. The number of fused-ring (bicyclic) bond motifs is 1. The van der Waals surface area contributed by atoms with E-state index < -0.39 is 0 Å². The fourth-order valence-corrected chi connectivity index (χ4v) is 4.24. The number of carbonyl (C=O) groups is 1. The molecule has 0 saturated carbocycles. The van der Waals surface area contributed by atoms with Crippen LogP contribution in [-0.4, -0.2) is 20.7 Å². The minimum Gasteiger partial charge on any atom is -0.296 e. The van der Waals surface area contributed by atoms with Crippen molar-refractivity contribution in [1.29, 1.82) is 0 Å². The summed E-state index contributed by atoms with van der Waals surface area (Å²) in [6, 6.07) is 15.1. The molecule has 4 rings (SSSR count). The van der Waals surface area contributed by atoms with Crippen LogP contribution in [0.25, 0.3) is 22.0 Å². The number of benzene rings is 2. The van der Waals surface area contributed by atoms with Gasteiger partial charge in [-0.05, 0) is 25.0 Å². The van der Waals surface area contributed by atoms with Crippen LogP contribution in [0.15, 0.2) is 58.7 Å². The van der Waals surface area contributed by atoms with Gasteiger partial charge in [0, 0.05) is 22.9 Å². The molecule has 0 fully saturated rings. The number of carbonyl (C=O) groups excluding carboxylic acids is 1. The molecular weight excluding hydrogens is 408 g/mol. The SMILES string of the molecule is CCCCCn1nc(C(=O)Nc2nc(-c3ccccc3C)cs2)c2ccccc2c1=O. The summed E-state index contributed by atoms with van der Waals surface area (Å²) in [6.45, 7) is 4.63. The van der Waals surface area contributed by atoms with Gasteiger partial charge in [0.15, 0.2) is 10.8 Å². The van der Waals surface area contributed by atoms with Crippen LogP contribution >= 0.6 is 11.3 Å². The Labute approximate surface area is 184 Å². The number of hydrogen-bond donors (Lipinski definition) is 1. The summed E-state index contributed by atoms with van der Waals surface area (Å²) < 4.78 is 1.41. The largest absolute Gasteiger partial charge is 0.296 e. The Bertz CT molecular complexity index is 1290.